The van der Waals surface area contributed by atoms with Gasteiger partial charge in [-0.2, -0.15) is 0 Å². The van der Waals surface area contributed by atoms with Gasteiger partial charge in [0.05, 0.1) is 35.9 Å². The number of aromatic nitrogens is 4. The fourth-order valence-electron chi connectivity index (χ4n) is 7.79. The van der Waals surface area contributed by atoms with Crippen LogP contribution in [0.1, 0.15) is 11.4 Å². The van der Waals surface area contributed by atoms with E-state index >= 15 is 0 Å². The minimum Gasteiger partial charge on any atom is -0.423 e. The summed E-state index contributed by atoms with van der Waals surface area (Å²) in [6.07, 6.45) is 0. The number of rotatable bonds is 10. The van der Waals surface area contributed by atoms with E-state index in [0.717, 1.165) is 70.9 Å². The second-order valence-electron chi connectivity index (χ2n) is 15.7. The quantitative estimate of drug-likeness (QED) is 0.101. The molecule has 0 saturated carbocycles. The molecule has 0 spiro atoms. The summed E-state index contributed by atoms with van der Waals surface area (Å²) in [5, 5.41) is 18.6. The van der Waals surface area contributed by atoms with Crippen LogP contribution in [-0.4, -0.2) is 36.3 Å². The van der Waals surface area contributed by atoms with Crippen molar-refractivity contribution in [1.29, 1.82) is 0 Å². The maximum absolute atomic E-state index is 8.58. The van der Waals surface area contributed by atoms with Crippen molar-refractivity contribution in [2.24, 2.45) is 0 Å². The number of nitrogens with zero attached hydrogens (tertiary/aromatic N) is 4. The summed E-state index contributed by atoms with van der Waals surface area (Å²) in [7, 11) is -1.34. The van der Waals surface area contributed by atoms with Gasteiger partial charge >= 0.3 is 7.12 Å². The fourth-order valence-corrected chi connectivity index (χ4v) is 8.52. The first-order valence-electron chi connectivity index (χ1n) is 21.8. The molecular formula is C56H46BBrCl2N6O2. The van der Waals surface area contributed by atoms with E-state index in [4.69, 9.17) is 44.7 Å². The number of hydrogen-bond acceptors (Lipinski definition) is 6. The van der Waals surface area contributed by atoms with E-state index in [1.54, 1.807) is 36.4 Å². The van der Waals surface area contributed by atoms with Crippen LogP contribution in [0.4, 0.5) is 11.6 Å². The van der Waals surface area contributed by atoms with Crippen LogP contribution in [0.15, 0.2) is 223 Å². The van der Waals surface area contributed by atoms with Crippen LogP contribution < -0.4 is 16.9 Å². The van der Waals surface area contributed by atoms with E-state index in [2.05, 4.69) is 120 Å². The maximum Gasteiger partial charge on any atom is 0.488 e. The zero-order valence-corrected chi connectivity index (χ0v) is 39.8. The predicted molar refractivity (Wildman–Crippen MR) is 286 cm³/mol. The summed E-state index contributed by atoms with van der Waals surface area (Å²) >= 11 is 16.5. The van der Waals surface area contributed by atoms with E-state index in [9.17, 15) is 0 Å². The monoisotopic (exact) mass is 994 g/mol. The Labute approximate surface area is 415 Å². The summed E-state index contributed by atoms with van der Waals surface area (Å²) in [6.45, 7) is 1.19. The largest absolute Gasteiger partial charge is 0.488 e. The van der Waals surface area contributed by atoms with Gasteiger partial charge in [-0.3, -0.25) is 0 Å². The van der Waals surface area contributed by atoms with Gasteiger partial charge in [0.1, 0.15) is 11.6 Å². The number of hydrogen-bond donors (Lipinski definition) is 4. The molecule has 68 heavy (non-hydrogen) atoms. The van der Waals surface area contributed by atoms with Crippen molar-refractivity contribution >= 4 is 63.3 Å². The van der Waals surface area contributed by atoms with Crippen LogP contribution in [0.3, 0.4) is 0 Å². The molecule has 4 aromatic heterocycles. The zero-order valence-electron chi connectivity index (χ0n) is 36.7. The van der Waals surface area contributed by atoms with Gasteiger partial charge in [0.15, 0.2) is 0 Å². The number of anilines is 2. The summed E-state index contributed by atoms with van der Waals surface area (Å²) in [6, 6.07) is 71.7. The summed E-state index contributed by atoms with van der Waals surface area (Å²) < 4.78 is 5.53. The second kappa shape index (κ2) is 22.5. The normalized spacial score (nSPS) is 10.7. The highest BCUT2D eigenvalue weighted by atomic mass is 79.9. The topological polar surface area (TPSA) is 128 Å². The number of benzene rings is 6. The van der Waals surface area contributed by atoms with Gasteiger partial charge in [0.2, 0.25) is 0 Å². The Morgan fingerprint density at radius 1 is 0.412 bits per heavy atom. The lowest BCUT2D eigenvalue weighted by atomic mass is 9.81. The smallest absolute Gasteiger partial charge is 0.423 e. The van der Waals surface area contributed by atoms with Crippen LogP contribution in [-0.2, 0) is 13.1 Å². The molecule has 12 heteroatoms. The molecule has 0 amide bonds. The average molecular weight is 997 g/mol. The third-order valence-electron chi connectivity index (χ3n) is 11.1. The molecule has 10 aromatic rings. The van der Waals surface area contributed by atoms with E-state index in [1.165, 1.54) is 11.1 Å². The van der Waals surface area contributed by atoms with Crippen LogP contribution in [0, 0.1) is 0 Å². The van der Waals surface area contributed by atoms with Gasteiger partial charge in [-0.05, 0) is 101 Å². The first kappa shape index (κ1) is 47.3. The zero-order chi connectivity index (χ0) is 47.4. The van der Waals surface area contributed by atoms with Gasteiger partial charge in [-0.1, -0.05) is 185 Å². The molecule has 336 valence electrons. The van der Waals surface area contributed by atoms with Crippen LogP contribution >= 0.6 is 39.1 Å². The Bertz CT molecular complexity index is 3220. The first-order valence-corrected chi connectivity index (χ1v) is 23.3. The van der Waals surface area contributed by atoms with Crippen molar-refractivity contribution in [2.75, 3.05) is 11.5 Å². The van der Waals surface area contributed by atoms with E-state index < -0.39 is 7.12 Å². The standard InChI is InChI=1S/C28H22ClN3.C22H17BrClN3.C6H7BO2/c29-25-11-5-4-10-24(25)27-18-17-26(32(27)19-23-9-6-12-28(30)31-23)22-15-13-21(14-16-22)20-7-2-1-3-8-20;23-16-10-8-15(9-11-16)20-12-13-21(18-5-1-2-6-19(18)24)27(20)14-17-4-3-7-22(25)26-17;8-7(9)6-4-2-1-3-5-6/h1-18H,19H2,(H2,30,31);1-13H,14H2,(H2,25,26);1-5,8-9H. The van der Waals surface area contributed by atoms with Crippen molar-refractivity contribution in [3.63, 3.8) is 0 Å². The predicted octanol–water partition coefficient (Wildman–Crippen LogP) is 12.8. The van der Waals surface area contributed by atoms with Gasteiger partial charge in [-0.25, -0.2) is 9.97 Å². The van der Waals surface area contributed by atoms with Crippen molar-refractivity contribution in [1.82, 2.24) is 19.1 Å². The molecule has 6 aromatic carbocycles. The molecule has 10 rings (SSSR count). The molecule has 0 unspecified atom stereocenters. The van der Waals surface area contributed by atoms with Crippen LogP contribution in [0.5, 0.6) is 0 Å². The Hall–Kier alpha value is -7.18. The van der Waals surface area contributed by atoms with Gasteiger partial charge in [-0.15, -0.1) is 0 Å². The van der Waals surface area contributed by atoms with E-state index in [0.29, 0.717) is 30.2 Å². The molecule has 0 aliphatic rings. The maximum atomic E-state index is 8.58. The SMILES string of the molecule is Nc1cccc(Cn2c(-c3ccc(-c4ccccc4)cc3)ccc2-c2ccccc2Cl)n1.Nc1cccc(Cn2c(-c3ccc(Br)cc3)ccc2-c2ccccc2Cl)n1.OB(O)c1ccccc1. The Morgan fingerprint density at radius 3 is 1.22 bits per heavy atom. The molecule has 0 aliphatic carbocycles. The highest BCUT2D eigenvalue weighted by Crippen LogP contribution is 2.36. The molecular weight excluding hydrogens is 950 g/mol. The highest BCUT2D eigenvalue weighted by Gasteiger charge is 2.17. The second-order valence-corrected chi connectivity index (χ2v) is 17.4. The van der Waals surface area contributed by atoms with Crippen molar-refractivity contribution in [3.05, 3.63) is 244 Å². The Kier molecular flexibility index (Phi) is 15.7. The lowest BCUT2D eigenvalue weighted by Crippen LogP contribution is -2.29. The third-order valence-corrected chi connectivity index (χ3v) is 12.3. The van der Waals surface area contributed by atoms with Gasteiger partial charge < -0.3 is 30.6 Å². The fraction of sp³-hybridized carbons (Fsp3) is 0.0357. The van der Waals surface area contributed by atoms with Gasteiger partial charge in [0, 0.05) is 37.0 Å². The third kappa shape index (κ3) is 11.9. The molecule has 0 saturated heterocycles. The minimum absolute atomic E-state index is 0.516. The Balaban J connectivity index is 0.000000157. The number of pyridine rings is 2. The molecule has 8 nitrogen and oxygen atoms in total. The average Bonchev–Trinajstić information content (AvgIpc) is 3.97. The van der Waals surface area contributed by atoms with Crippen molar-refractivity contribution < 1.29 is 10.0 Å². The molecule has 0 atom stereocenters. The Morgan fingerprint density at radius 2 is 0.794 bits per heavy atom. The number of nitrogen functional groups attached to an aromatic ring is 2. The summed E-state index contributed by atoms with van der Waals surface area (Å²) in [5.41, 5.74) is 25.1. The molecule has 6 N–H and O–H groups in total. The molecule has 4 heterocycles. The molecule has 0 radical (unpaired) electrons. The lowest BCUT2D eigenvalue weighted by molar-refractivity contribution is 0.426. The van der Waals surface area contributed by atoms with Crippen molar-refractivity contribution in [2.45, 2.75) is 13.1 Å². The number of nitrogens with two attached hydrogens (primary N) is 2. The van der Waals surface area contributed by atoms with Crippen LogP contribution in [0.25, 0.3) is 56.2 Å². The summed E-state index contributed by atoms with van der Waals surface area (Å²) in [5.74, 6) is 1.03. The molecule has 0 aliphatic heterocycles. The summed E-state index contributed by atoms with van der Waals surface area (Å²) in [4.78, 5) is 8.99. The molecule has 0 fully saturated rings. The van der Waals surface area contributed by atoms with E-state index in [-0.39, 0.29) is 0 Å². The van der Waals surface area contributed by atoms with Crippen LogP contribution in [0.2, 0.25) is 10.0 Å². The van der Waals surface area contributed by atoms with Gasteiger partial charge in [0.25, 0.3) is 0 Å². The number of halogens is 3. The van der Waals surface area contributed by atoms with Crippen molar-refractivity contribution in [3.8, 4) is 56.2 Å². The highest BCUT2D eigenvalue weighted by molar-refractivity contribution is 9.10. The van der Waals surface area contributed by atoms with E-state index in [1.807, 2.05) is 97.1 Å². The molecule has 0 bridgehead atoms. The lowest BCUT2D eigenvalue weighted by Gasteiger charge is -2.15. The first-order chi connectivity index (χ1) is 33.1. The minimum atomic E-state index is -1.34.